The quantitative estimate of drug-likeness (QED) is 0.164. The Labute approximate surface area is 589 Å². The maximum atomic E-state index is 3.62. The smallest absolute Gasteiger partial charge is 0.0520 e. The van der Waals surface area contributed by atoms with Crippen molar-refractivity contribution < 1.29 is 0 Å². The lowest BCUT2D eigenvalue weighted by atomic mass is 9.55. The topological polar surface area (TPSA) is 18.5 Å². The first-order valence-corrected chi connectivity index (χ1v) is 35.7. The predicted octanol–water partition coefficient (Wildman–Crippen LogP) is 27.5. The van der Waals surface area contributed by atoms with Crippen LogP contribution in [0, 0.1) is 41.5 Å². The van der Waals surface area contributed by atoms with Gasteiger partial charge >= 0.3 is 0 Å². The molecular formula is C90H103Br2N3. The normalized spacial score (nSPS) is 14.7. The molecule has 492 valence electrons. The van der Waals surface area contributed by atoms with Gasteiger partial charge in [-0.1, -0.05) is 265 Å². The average molecular weight is 1390 g/mol. The number of hydrogen-bond acceptors (Lipinski definition) is 3. The van der Waals surface area contributed by atoms with Crippen LogP contribution in [0.3, 0.4) is 0 Å². The van der Waals surface area contributed by atoms with E-state index in [-0.39, 0.29) is 37.9 Å². The number of nitrogens with zero attached hydrogens (tertiary/aromatic N) is 2. The number of fused-ring (bicyclic) bond motifs is 6. The Morgan fingerprint density at radius 3 is 0.853 bits per heavy atom. The number of anilines is 8. The van der Waals surface area contributed by atoms with E-state index in [0.717, 1.165) is 14.6 Å². The first-order chi connectivity index (χ1) is 44.3. The van der Waals surface area contributed by atoms with Crippen LogP contribution in [0.5, 0.6) is 0 Å². The Hall–Kier alpha value is -7.44. The lowest BCUT2D eigenvalue weighted by molar-refractivity contribution is 0.299. The first kappa shape index (κ1) is 70.4. The van der Waals surface area contributed by atoms with Crippen LogP contribution in [0.2, 0.25) is 0 Å². The van der Waals surface area contributed by atoms with Crippen molar-refractivity contribution in [1.29, 1.82) is 0 Å². The van der Waals surface area contributed by atoms with Crippen molar-refractivity contribution in [3.63, 3.8) is 0 Å². The molecule has 3 nitrogen and oxygen atoms in total. The third-order valence-corrected chi connectivity index (χ3v) is 22.5. The van der Waals surface area contributed by atoms with Crippen LogP contribution >= 0.6 is 31.9 Å². The fourth-order valence-electron chi connectivity index (χ4n) is 14.4. The maximum absolute atomic E-state index is 3.62. The molecule has 0 fully saturated rings. The fourth-order valence-corrected chi connectivity index (χ4v) is 15.2. The van der Waals surface area contributed by atoms with Crippen molar-refractivity contribution in [2.75, 3.05) is 15.1 Å². The monoisotopic (exact) mass is 1380 g/mol. The van der Waals surface area contributed by atoms with Gasteiger partial charge in [0.2, 0.25) is 0 Å². The van der Waals surface area contributed by atoms with Crippen molar-refractivity contribution in [3.05, 3.63) is 281 Å². The van der Waals surface area contributed by atoms with Crippen molar-refractivity contribution in [2.24, 2.45) is 0 Å². The van der Waals surface area contributed by atoms with Gasteiger partial charge in [0.05, 0.1) is 11.4 Å². The van der Waals surface area contributed by atoms with Crippen LogP contribution in [0.25, 0.3) is 22.3 Å². The van der Waals surface area contributed by atoms with E-state index >= 15 is 0 Å². The number of nitrogens with one attached hydrogen (secondary N) is 1. The molecule has 0 unspecified atom stereocenters. The third kappa shape index (κ3) is 13.7. The summed E-state index contributed by atoms with van der Waals surface area (Å²) in [6.07, 6.45) is 0. The van der Waals surface area contributed by atoms with Crippen LogP contribution in [0.15, 0.2) is 209 Å². The van der Waals surface area contributed by atoms with E-state index in [0.29, 0.717) is 0 Å². The molecule has 5 heteroatoms. The summed E-state index contributed by atoms with van der Waals surface area (Å²) in [5, 5.41) is 3.52. The van der Waals surface area contributed by atoms with Gasteiger partial charge in [-0.25, -0.2) is 0 Å². The van der Waals surface area contributed by atoms with E-state index in [1.165, 1.54) is 134 Å². The van der Waals surface area contributed by atoms with E-state index in [1.54, 1.807) is 0 Å². The van der Waals surface area contributed by atoms with Gasteiger partial charge < -0.3 is 15.1 Å². The fraction of sp³-hybridized carbons (Fsp3) is 0.333. The van der Waals surface area contributed by atoms with E-state index in [4.69, 9.17) is 0 Å². The van der Waals surface area contributed by atoms with Crippen molar-refractivity contribution in [2.45, 2.75) is 197 Å². The SMILES string of the molecule is CC1(C)c2cc(Br)ccc2-c2ccc(Br)cc2C1(C)C.Cc1cc(C(C)(C)C)cc(C)c1N(c1ccccc1)c1ccc2c(c1)C(C)(C)C(C)(C)c1cc(N(c3ccccc3)c3c(C)cc(C(C)(C)C)cc3C)ccc1-2.Cc1cc(C(C)(C)C)cc(C)c1Nc1ccccc1. The van der Waals surface area contributed by atoms with Crippen LogP contribution in [-0.2, 0) is 37.9 Å². The lowest BCUT2D eigenvalue weighted by Gasteiger charge is -2.49. The highest BCUT2D eigenvalue weighted by atomic mass is 79.9. The van der Waals surface area contributed by atoms with E-state index in [9.17, 15) is 0 Å². The van der Waals surface area contributed by atoms with Gasteiger partial charge in [-0.2, -0.15) is 0 Å². The maximum Gasteiger partial charge on any atom is 0.0520 e. The molecule has 0 saturated heterocycles. The minimum atomic E-state index is -0.176. The molecule has 95 heavy (non-hydrogen) atoms. The highest BCUT2D eigenvalue weighted by Gasteiger charge is 2.48. The Balaban J connectivity index is 0.000000203. The first-order valence-electron chi connectivity index (χ1n) is 34.1. The molecule has 0 atom stereocenters. The minimum Gasteiger partial charge on any atom is -0.355 e. The molecule has 10 aromatic rings. The Kier molecular flexibility index (Phi) is 19.4. The molecule has 0 amide bonds. The van der Waals surface area contributed by atoms with Crippen LogP contribution in [0.1, 0.15) is 190 Å². The van der Waals surface area contributed by atoms with Crippen molar-refractivity contribution in [1.82, 2.24) is 0 Å². The number of para-hydroxylation sites is 3. The molecule has 0 spiro atoms. The summed E-state index contributed by atoms with van der Waals surface area (Å²) in [4.78, 5) is 4.96. The molecule has 1 N–H and O–H groups in total. The summed E-state index contributed by atoms with van der Waals surface area (Å²) in [6, 6.07) is 74.0. The molecule has 0 aliphatic heterocycles. The van der Waals surface area contributed by atoms with Gasteiger partial charge in [0.15, 0.2) is 0 Å². The summed E-state index contributed by atoms with van der Waals surface area (Å²) in [6.45, 7) is 53.2. The minimum absolute atomic E-state index is 0.0764. The average Bonchev–Trinajstić information content (AvgIpc) is 0.710. The van der Waals surface area contributed by atoms with Gasteiger partial charge in [-0.3, -0.25) is 0 Å². The lowest BCUT2D eigenvalue weighted by Crippen LogP contribution is -2.43. The number of benzene rings is 10. The van der Waals surface area contributed by atoms with Crippen molar-refractivity contribution >= 4 is 77.4 Å². The Morgan fingerprint density at radius 2 is 0.558 bits per heavy atom. The molecule has 12 rings (SSSR count). The summed E-state index contributed by atoms with van der Waals surface area (Å²) in [5.41, 5.74) is 32.6. The van der Waals surface area contributed by atoms with Crippen molar-refractivity contribution in [3.8, 4) is 22.3 Å². The second kappa shape index (κ2) is 26.2. The zero-order valence-corrected chi connectivity index (χ0v) is 64.4. The Bertz CT molecular complexity index is 4160. The zero-order valence-electron chi connectivity index (χ0n) is 61.2. The summed E-state index contributed by atoms with van der Waals surface area (Å²) < 4.78 is 2.31. The van der Waals surface area contributed by atoms with Crippen LogP contribution in [0.4, 0.5) is 45.5 Å². The summed E-state index contributed by atoms with van der Waals surface area (Å²) >= 11 is 7.25. The van der Waals surface area contributed by atoms with Gasteiger partial charge in [-0.15, -0.1) is 0 Å². The molecule has 0 radical (unpaired) electrons. The zero-order chi connectivity index (χ0) is 69.3. The molecule has 10 aromatic carbocycles. The number of hydrogen-bond donors (Lipinski definition) is 1. The second-order valence-electron chi connectivity index (χ2n) is 32.3. The molecule has 0 bridgehead atoms. The largest absolute Gasteiger partial charge is 0.355 e. The third-order valence-electron chi connectivity index (χ3n) is 21.5. The van der Waals surface area contributed by atoms with E-state index in [2.05, 4.69) is 400 Å². The summed E-state index contributed by atoms with van der Waals surface area (Å²) in [5.74, 6) is 0. The molecule has 0 heterocycles. The van der Waals surface area contributed by atoms with Crippen LogP contribution < -0.4 is 15.1 Å². The van der Waals surface area contributed by atoms with Gasteiger partial charge in [-0.05, 0) is 259 Å². The molecule has 2 aliphatic carbocycles. The predicted molar refractivity (Wildman–Crippen MR) is 421 cm³/mol. The second-order valence-corrected chi connectivity index (χ2v) is 34.2. The Morgan fingerprint density at radius 1 is 0.295 bits per heavy atom. The van der Waals surface area contributed by atoms with Crippen LogP contribution in [-0.4, -0.2) is 0 Å². The highest BCUT2D eigenvalue weighted by molar-refractivity contribution is 9.10. The van der Waals surface area contributed by atoms with Gasteiger partial charge in [0.25, 0.3) is 0 Å². The number of aryl methyl sites for hydroxylation is 6. The van der Waals surface area contributed by atoms with E-state index < -0.39 is 0 Å². The van der Waals surface area contributed by atoms with Gasteiger partial charge in [0.1, 0.15) is 0 Å². The highest BCUT2D eigenvalue weighted by Crippen LogP contribution is 2.58. The van der Waals surface area contributed by atoms with E-state index in [1.807, 2.05) is 6.07 Å². The molecule has 0 saturated carbocycles. The molecule has 2 aliphatic rings. The molecular weight excluding hydrogens is 1280 g/mol. The number of halogens is 2. The van der Waals surface area contributed by atoms with Gasteiger partial charge in [0, 0.05) is 43.1 Å². The number of rotatable bonds is 8. The molecule has 0 aromatic heterocycles. The summed E-state index contributed by atoms with van der Waals surface area (Å²) in [7, 11) is 0. The standard InChI is InChI=1S/C54H62N2.C18H18Br2.C18H23N/c1-35-29-39(51(5,6)7)30-36(2)49(35)55(41-21-17-15-18-22-41)43-25-27-45-46-28-26-44(34-48(46)54(13,14)53(11,12)47(45)33-43)56(42-23-19-16-20-24-42)50-37(3)31-40(32-38(50)4)52(8,9)10;1-17(2)15-9-11(19)5-7-13(15)14-8-6-12(20)10-16(14)18(17,3)4;1-13-11-15(18(3,4)5)12-14(2)17(13)19-16-9-7-6-8-10-16/h15-34H,1-14H3;5-10H,1-4H3;6-12,19H,1-5H3.